The van der Waals surface area contributed by atoms with Crippen molar-refractivity contribution in [3.05, 3.63) is 35.9 Å². The summed E-state index contributed by atoms with van der Waals surface area (Å²) in [6.07, 6.45) is 0.195. The van der Waals surface area contributed by atoms with Crippen LogP contribution in [0.2, 0.25) is 0 Å². The Balaban J connectivity index is 1.50. The Morgan fingerprint density at radius 3 is 2.36 bits per heavy atom. The number of hydrogen-bond acceptors (Lipinski definition) is 10. The van der Waals surface area contributed by atoms with Gasteiger partial charge < -0.3 is 38.4 Å². The van der Waals surface area contributed by atoms with Crippen LogP contribution in [0.5, 0.6) is 0 Å². The van der Waals surface area contributed by atoms with Crippen molar-refractivity contribution in [1.82, 2.24) is 4.90 Å². The van der Waals surface area contributed by atoms with E-state index in [9.17, 15) is 19.5 Å². The highest BCUT2D eigenvalue weighted by Gasteiger charge is 2.90. The number of piperidine rings is 1. The molecule has 1 aromatic carbocycles. The van der Waals surface area contributed by atoms with Crippen molar-refractivity contribution in [1.29, 1.82) is 0 Å². The molecule has 1 heterocycles. The van der Waals surface area contributed by atoms with Gasteiger partial charge in [0.2, 0.25) is 6.41 Å². The van der Waals surface area contributed by atoms with E-state index in [2.05, 4.69) is 0 Å². The second kappa shape index (κ2) is 10.2. The maximum atomic E-state index is 13.7. The number of fused-ring (bicyclic) bond motifs is 2. The maximum absolute atomic E-state index is 13.7. The molecule has 13 atom stereocenters. The van der Waals surface area contributed by atoms with Crippen molar-refractivity contribution in [3.63, 3.8) is 0 Å². The van der Waals surface area contributed by atoms with Gasteiger partial charge in [-0.25, -0.2) is 4.79 Å². The Morgan fingerprint density at radius 1 is 1.02 bits per heavy atom. The lowest BCUT2D eigenvalue weighted by Gasteiger charge is -2.68. The predicted octanol–water partition coefficient (Wildman–Crippen LogP) is 1.84. The highest BCUT2D eigenvalue weighted by molar-refractivity contribution is 5.89. The monoisotopic (exact) mass is 613 g/mol. The standard InChI is InChI=1S/C33H43NO10/c1-18(36)44-32-14-22(41-4)31(38)13-20(23(32)28(31)43-29(37)19-9-7-6-8-10-19)33-21(40-3)11-12-30(16-39-2)15-34(17-35)27(33)24(32)25(42-5)26(30)33/h6-10,17,20-28,38H,11-16H2,1-5H3/t20-,21?,22+,23-,24+,25?,26-,27+,28?,30+,31?,32-,33?/m1/s1. The Kier molecular flexibility index (Phi) is 6.99. The zero-order valence-corrected chi connectivity index (χ0v) is 26.0. The number of nitrogens with zero attached hydrogens (tertiary/aromatic N) is 1. The third-order valence-electron chi connectivity index (χ3n) is 12.7. The van der Waals surface area contributed by atoms with Crippen molar-refractivity contribution in [2.24, 2.45) is 34.5 Å². The first kappa shape index (κ1) is 30.1. The van der Waals surface area contributed by atoms with Gasteiger partial charge in [0, 0.05) is 83.0 Å². The van der Waals surface area contributed by atoms with Gasteiger partial charge in [-0.15, -0.1) is 0 Å². The van der Waals surface area contributed by atoms with Gasteiger partial charge in [-0.3, -0.25) is 9.59 Å². The zero-order valence-electron chi connectivity index (χ0n) is 26.0. The SMILES string of the molecule is COC[C@@]12CCC(OC)C34[C@@H]5CC6(O)C(OC(=O)c7ccccc7)[C@@H]5[C@](OC(C)=O)(C[C@@H]6OC)[C@@H](C(OC)[C@@H]31)[C@@H]4N(C=O)C2. The molecule has 11 heteroatoms. The Labute approximate surface area is 257 Å². The lowest BCUT2D eigenvalue weighted by Crippen LogP contribution is -2.77. The molecule has 0 aromatic heterocycles. The summed E-state index contributed by atoms with van der Waals surface area (Å²) in [5.74, 6) is -2.66. The number of rotatable bonds is 9. The fourth-order valence-electron chi connectivity index (χ4n) is 12.0. The second-order valence-corrected chi connectivity index (χ2v) is 14.0. The number of carbonyl (C=O) groups excluding carboxylic acids is 3. The van der Waals surface area contributed by atoms with E-state index in [1.807, 2.05) is 11.0 Å². The van der Waals surface area contributed by atoms with Crippen LogP contribution in [0.3, 0.4) is 0 Å². The molecule has 0 radical (unpaired) electrons. The highest BCUT2D eigenvalue weighted by Crippen LogP contribution is 2.80. The second-order valence-electron chi connectivity index (χ2n) is 14.0. The molecule has 240 valence electrons. The maximum Gasteiger partial charge on any atom is 0.338 e. The molecule has 7 rings (SSSR count). The molecule has 1 aliphatic heterocycles. The number of ether oxygens (including phenoxy) is 6. The molecule has 5 aliphatic carbocycles. The van der Waals surface area contributed by atoms with E-state index in [0.29, 0.717) is 18.7 Å². The summed E-state index contributed by atoms with van der Waals surface area (Å²) < 4.78 is 37.6. The molecule has 6 aliphatic rings. The molecule has 5 saturated carbocycles. The van der Waals surface area contributed by atoms with Crippen molar-refractivity contribution < 1.29 is 47.9 Å². The first-order valence-electron chi connectivity index (χ1n) is 15.6. The van der Waals surface area contributed by atoms with Crippen LogP contribution in [0.25, 0.3) is 0 Å². The molecule has 6 fully saturated rings. The third-order valence-corrected chi connectivity index (χ3v) is 12.7. The van der Waals surface area contributed by atoms with E-state index in [-0.39, 0.29) is 30.8 Å². The van der Waals surface area contributed by atoms with Gasteiger partial charge >= 0.3 is 11.9 Å². The number of carbonyl (C=O) groups is 3. The molecular weight excluding hydrogens is 570 g/mol. The molecule has 1 N–H and O–H groups in total. The van der Waals surface area contributed by atoms with Gasteiger partial charge in [0.15, 0.2) is 0 Å². The molecule has 44 heavy (non-hydrogen) atoms. The Morgan fingerprint density at radius 2 is 1.75 bits per heavy atom. The number of amides is 1. The van der Waals surface area contributed by atoms with Crippen LogP contribution in [-0.2, 0) is 38.0 Å². The highest BCUT2D eigenvalue weighted by atomic mass is 16.6. The van der Waals surface area contributed by atoms with Gasteiger partial charge in [0.05, 0.1) is 30.5 Å². The van der Waals surface area contributed by atoms with Crippen LogP contribution in [0.15, 0.2) is 30.3 Å². The largest absolute Gasteiger partial charge is 0.458 e. The first-order valence-corrected chi connectivity index (χ1v) is 15.6. The summed E-state index contributed by atoms with van der Waals surface area (Å²) in [6.45, 7) is 2.26. The van der Waals surface area contributed by atoms with Crippen molar-refractivity contribution in [2.75, 3.05) is 41.6 Å². The number of methoxy groups -OCH3 is 4. The minimum absolute atomic E-state index is 0.137. The molecule has 1 spiro atoms. The Hall–Kier alpha value is -2.57. The number of hydrogen-bond donors (Lipinski definition) is 1. The summed E-state index contributed by atoms with van der Waals surface area (Å²) in [4.78, 5) is 41.7. The lowest BCUT2D eigenvalue weighted by atomic mass is 9.43. The fourth-order valence-corrected chi connectivity index (χ4v) is 12.0. The summed E-state index contributed by atoms with van der Waals surface area (Å²) in [7, 11) is 6.58. The first-order chi connectivity index (χ1) is 21.1. The minimum Gasteiger partial charge on any atom is -0.458 e. The van der Waals surface area contributed by atoms with Crippen LogP contribution in [0.1, 0.15) is 43.0 Å². The van der Waals surface area contributed by atoms with Crippen LogP contribution in [0.4, 0.5) is 0 Å². The van der Waals surface area contributed by atoms with Crippen LogP contribution >= 0.6 is 0 Å². The topological polar surface area (TPSA) is 130 Å². The number of aliphatic hydroxyl groups is 1. The third kappa shape index (κ3) is 3.48. The smallest absolute Gasteiger partial charge is 0.338 e. The van der Waals surface area contributed by atoms with Crippen LogP contribution in [0, 0.1) is 34.5 Å². The molecular formula is C33H43NO10. The van der Waals surface area contributed by atoms with Crippen LogP contribution < -0.4 is 0 Å². The van der Waals surface area contributed by atoms with Crippen molar-refractivity contribution in [2.45, 2.75) is 74.3 Å². The number of likely N-dealkylation sites (tertiary alicyclic amines) is 1. The molecule has 1 amide bonds. The van der Waals surface area contributed by atoms with Gasteiger partial charge in [0.25, 0.3) is 0 Å². The minimum atomic E-state index is -1.57. The van der Waals surface area contributed by atoms with E-state index in [4.69, 9.17) is 28.4 Å². The van der Waals surface area contributed by atoms with Gasteiger partial charge in [-0.2, -0.15) is 0 Å². The summed E-state index contributed by atoms with van der Waals surface area (Å²) in [5.41, 5.74) is -3.63. The summed E-state index contributed by atoms with van der Waals surface area (Å²) in [6, 6.07) is 8.26. The van der Waals surface area contributed by atoms with E-state index in [0.717, 1.165) is 19.3 Å². The lowest BCUT2D eigenvalue weighted by molar-refractivity contribution is -0.283. The van der Waals surface area contributed by atoms with Gasteiger partial charge in [0.1, 0.15) is 17.3 Å². The molecule has 5 unspecified atom stereocenters. The average molecular weight is 614 g/mol. The van der Waals surface area contributed by atoms with E-state index >= 15 is 0 Å². The van der Waals surface area contributed by atoms with Crippen LogP contribution in [-0.4, -0.2) is 112 Å². The predicted molar refractivity (Wildman–Crippen MR) is 153 cm³/mol. The summed E-state index contributed by atoms with van der Waals surface area (Å²) >= 11 is 0. The van der Waals surface area contributed by atoms with Crippen molar-refractivity contribution >= 4 is 18.3 Å². The fraction of sp³-hybridized carbons (Fsp3) is 0.727. The molecule has 7 bridgehead atoms. The molecule has 1 saturated heterocycles. The Bertz CT molecular complexity index is 1330. The van der Waals surface area contributed by atoms with E-state index in [1.165, 1.54) is 14.0 Å². The van der Waals surface area contributed by atoms with E-state index in [1.54, 1.807) is 45.6 Å². The average Bonchev–Trinajstić information content (AvgIpc) is 3.39. The normalized spacial score (nSPS) is 47.7. The van der Waals surface area contributed by atoms with Gasteiger partial charge in [-0.05, 0) is 37.3 Å². The van der Waals surface area contributed by atoms with Crippen molar-refractivity contribution in [3.8, 4) is 0 Å². The summed E-state index contributed by atoms with van der Waals surface area (Å²) in [5, 5.41) is 12.7. The number of esters is 2. The van der Waals surface area contributed by atoms with E-state index < -0.39 is 70.2 Å². The van der Waals surface area contributed by atoms with Gasteiger partial charge in [-0.1, -0.05) is 18.2 Å². The molecule has 1 aromatic rings. The quantitative estimate of drug-likeness (QED) is 0.325. The number of benzene rings is 1. The zero-order chi connectivity index (χ0) is 31.2. The molecule has 11 nitrogen and oxygen atoms in total.